The van der Waals surface area contributed by atoms with E-state index in [2.05, 4.69) is 17.9 Å². The summed E-state index contributed by atoms with van der Waals surface area (Å²) in [4.78, 5) is 0. The summed E-state index contributed by atoms with van der Waals surface area (Å²) in [6, 6.07) is 4.05. The summed E-state index contributed by atoms with van der Waals surface area (Å²) in [6.07, 6.45) is 1.63. The molecular formula is C11H8O2. The van der Waals surface area contributed by atoms with Crippen LogP contribution in [0.3, 0.4) is 0 Å². The normalized spacial score (nSPS) is 16.0. The van der Waals surface area contributed by atoms with E-state index >= 15 is 0 Å². The highest BCUT2D eigenvalue weighted by atomic mass is 16.7. The molecule has 64 valence electrons. The third kappa shape index (κ3) is 0.905. The molecule has 1 heterocycles. The zero-order chi connectivity index (χ0) is 8.67. The molecule has 0 spiro atoms. The van der Waals surface area contributed by atoms with Crippen LogP contribution in [0, 0.1) is 11.8 Å². The van der Waals surface area contributed by atoms with Crippen molar-refractivity contribution in [1.82, 2.24) is 0 Å². The van der Waals surface area contributed by atoms with E-state index in [1.165, 1.54) is 11.1 Å². The first-order valence-electron chi connectivity index (χ1n) is 4.31. The van der Waals surface area contributed by atoms with Crippen LogP contribution in [0.5, 0.6) is 11.5 Å². The zero-order valence-electron chi connectivity index (χ0n) is 7.09. The van der Waals surface area contributed by atoms with E-state index in [1.807, 2.05) is 6.07 Å². The fourth-order valence-corrected chi connectivity index (χ4v) is 1.74. The van der Waals surface area contributed by atoms with E-state index in [4.69, 9.17) is 9.47 Å². The summed E-state index contributed by atoms with van der Waals surface area (Å²) in [5, 5.41) is 0. The van der Waals surface area contributed by atoms with Crippen LogP contribution in [0.4, 0.5) is 0 Å². The topological polar surface area (TPSA) is 18.5 Å². The molecule has 1 aromatic carbocycles. The Labute approximate surface area is 76.5 Å². The van der Waals surface area contributed by atoms with Gasteiger partial charge in [0, 0.05) is 18.4 Å². The summed E-state index contributed by atoms with van der Waals surface area (Å²) >= 11 is 0. The standard InChI is InChI=1S/C11H8O2/c1-2-4-9-8(3-1)5-6-10-11(9)13-7-12-10/h5-6H,3-4,7H2. The number of hydrogen-bond donors (Lipinski definition) is 0. The maximum atomic E-state index is 5.41. The Hall–Kier alpha value is -1.62. The highest BCUT2D eigenvalue weighted by Gasteiger charge is 2.20. The molecule has 0 N–H and O–H groups in total. The first-order valence-corrected chi connectivity index (χ1v) is 4.31. The lowest BCUT2D eigenvalue weighted by Gasteiger charge is -2.10. The SMILES string of the molecule is C1#CCc2c(ccc3c2OCO3)C1. The molecule has 0 unspecified atom stereocenters. The smallest absolute Gasteiger partial charge is 0.231 e. The van der Waals surface area contributed by atoms with Gasteiger partial charge in [-0.1, -0.05) is 17.9 Å². The maximum absolute atomic E-state index is 5.41. The van der Waals surface area contributed by atoms with Crippen molar-refractivity contribution < 1.29 is 9.47 Å². The van der Waals surface area contributed by atoms with Crippen molar-refractivity contribution >= 4 is 0 Å². The molecule has 1 aliphatic carbocycles. The molecule has 0 saturated heterocycles. The van der Waals surface area contributed by atoms with Crippen molar-refractivity contribution in [2.75, 3.05) is 6.79 Å². The van der Waals surface area contributed by atoms with Gasteiger partial charge in [-0.2, -0.15) is 0 Å². The molecule has 0 saturated carbocycles. The van der Waals surface area contributed by atoms with Crippen LogP contribution in [-0.2, 0) is 12.8 Å². The number of rotatable bonds is 0. The van der Waals surface area contributed by atoms with Gasteiger partial charge in [-0.15, -0.1) is 0 Å². The highest BCUT2D eigenvalue weighted by molar-refractivity contribution is 5.55. The largest absolute Gasteiger partial charge is 0.454 e. The van der Waals surface area contributed by atoms with Crippen molar-refractivity contribution in [2.45, 2.75) is 12.8 Å². The average molecular weight is 172 g/mol. The molecule has 3 rings (SSSR count). The molecule has 2 heteroatoms. The molecule has 0 fully saturated rings. The molecule has 0 radical (unpaired) electrons. The quantitative estimate of drug-likeness (QED) is 0.552. The van der Waals surface area contributed by atoms with E-state index < -0.39 is 0 Å². The van der Waals surface area contributed by atoms with Crippen LogP contribution in [0.2, 0.25) is 0 Å². The van der Waals surface area contributed by atoms with Crippen molar-refractivity contribution in [1.29, 1.82) is 0 Å². The van der Waals surface area contributed by atoms with Gasteiger partial charge in [0.15, 0.2) is 11.5 Å². The van der Waals surface area contributed by atoms with Crippen molar-refractivity contribution in [3.63, 3.8) is 0 Å². The molecule has 1 aliphatic heterocycles. The lowest BCUT2D eigenvalue weighted by molar-refractivity contribution is 0.173. The molecule has 2 aliphatic rings. The Kier molecular flexibility index (Phi) is 1.28. The molecule has 1 aromatic rings. The Morgan fingerprint density at radius 2 is 2.00 bits per heavy atom. The molecule has 0 bridgehead atoms. The first-order chi connectivity index (χ1) is 6.45. The second-order valence-corrected chi connectivity index (χ2v) is 3.14. The molecule has 2 nitrogen and oxygen atoms in total. The zero-order valence-corrected chi connectivity index (χ0v) is 7.09. The van der Waals surface area contributed by atoms with E-state index in [0.29, 0.717) is 6.79 Å². The second-order valence-electron chi connectivity index (χ2n) is 3.14. The lowest BCUT2D eigenvalue weighted by Crippen LogP contribution is -1.99. The van der Waals surface area contributed by atoms with Gasteiger partial charge < -0.3 is 9.47 Å². The second kappa shape index (κ2) is 2.43. The van der Waals surface area contributed by atoms with Crippen molar-refractivity contribution in [3.05, 3.63) is 23.3 Å². The van der Waals surface area contributed by atoms with E-state index in [9.17, 15) is 0 Å². The minimum Gasteiger partial charge on any atom is -0.454 e. The molecule has 13 heavy (non-hydrogen) atoms. The predicted molar refractivity (Wildman–Crippen MR) is 47.7 cm³/mol. The first kappa shape index (κ1) is 6.85. The fourth-order valence-electron chi connectivity index (χ4n) is 1.74. The highest BCUT2D eigenvalue weighted by Crippen LogP contribution is 2.38. The van der Waals surface area contributed by atoms with Crippen LogP contribution in [0.25, 0.3) is 0 Å². The lowest BCUT2D eigenvalue weighted by atomic mass is 9.97. The van der Waals surface area contributed by atoms with E-state index in [1.54, 1.807) is 0 Å². The third-order valence-corrected chi connectivity index (χ3v) is 2.41. The van der Waals surface area contributed by atoms with Gasteiger partial charge in [-0.25, -0.2) is 0 Å². The van der Waals surface area contributed by atoms with Crippen LogP contribution < -0.4 is 9.47 Å². The molecule has 0 atom stereocenters. The van der Waals surface area contributed by atoms with Crippen LogP contribution in [-0.4, -0.2) is 6.79 Å². The van der Waals surface area contributed by atoms with Gasteiger partial charge in [-0.3, -0.25) is 0 Å². The Morgan fingerprint density at radius 1 is 1.08 bits per heavy atom. The monoisotopic (exact) mass is 172 g/mol. The van der Waals surface area contributed by atoms with Gasteiger partial charge in [0.05, 0.1) is 0 Å². The van der Waals surface area contributed by atoms with E-state index in [0.717, 1.165) is 24.3 Å². The molecule has 0 amide bonds. The third-order valence-electron chi connectivity index (χ3n) is 2.41. The fraction of sp³-hybridized carbons (Fsp3) is 0.273. The Balaban J connectivity index is 2.22. The predicted octanol–water partition coefficient (Wildman–Crippen LogP) is 1.52. The van der Waals surface area contributed by atoms with Crippen molar-refractivity contribution in [2.24, 2.45) is 0 Å². The number of fused-ring (bicyclic) bond motifs is 3. The average Bonchev–Trinajstić information content (AvgIpc) is 2.65. The minimum atomic E-state index is 0.346. The van der Waals surface area contributed by atoms with Gasteiger partial charge in [-0.05, 0) is 11.6 Å². The van der Waals surface area contributed by atoms with Gasteiger partial charge in [0.2, 0.25) is 6.79 Å². The van der Waals surface area contributed by atoms with Crippen LogP contribution in [0.1, 0.15) is 11.1 Å². The number of hydrogen-bond acceptors (Lipinski definition) is 2. The van der Waals surface area contributed by atoms with Gasteiger partial charge in [0.25, 0.3) is 0 Å². The summed E-state index contributed by atoms with van der Waals surface area (Å²) in [6.45, 7) is 0.346. The molecular weight excluding hydrogens is 164 g/mol. The number of ether oxygens (including phenoxy) is 2. The van der Waals surface area contributed by atoms with Gasteiger partial charge in [0.1, 0.15) is 0 Å². The summed E-state index contributed by atoms with van der Waals surface area (Å²) in [5.41, 5.74) is 2.50. The Morgan fingerprint density at radius 3 is 3.00 bits per heavy atom. The van der Waals surface area contributed by atoms with Crippen LogP contribution in [0.15, 0.2) is 12.1 Å². The van der Waals surface area contributed by atoms with E-state index in [-0.39, 0.29) is 0 Å². The number of benzene rings is 1. The van der Waals surface area contributed by atoms with Crippen LogP contribution >= 0.6 is 0 Å². The summed E-state index contributed by atoms with van der Waals surface area (Å²) in [5.74, 6) is 7.94. The minimum absolute atomic E-state index is 0.346. The summed E-state index contributed by atoms with van der Waals surface area (Å²) < 4.78 is 10.7. The Bertz CT molecular complexity index is 424. The summed E-state index contributed by atoms with van der Waals surface area (Å²) in [7, 11) is 0. The van der Waals surface area contributed by atoms with Gasteiger partial charge >= 0.3 is 0 Å². The van der Waals surface area contributed by atoms with Crippen molar-refractivity contribution in [3.8, 4) is 23.3 Å². The molecule has 0 aromatic heterocycles. The maximum Gasteiger partial charge on any atom is 0.231 e.